The van der Waals surface area contributed by atoms with Crippen LogP contribution in [0.3, 0.4) is 0 Å². The predicted molar refractivity (Wildman–Crippen MR) is 98.8 cm³/mol. The first-order valence-electron chi connectivity index (χ1n) is 9.25. The van der Waals surface area contributed by atoms with E-state index < -0.39 is 11.5 Å². The lowest BCUT2D eigenvalue weighted by atomic mass is 9.73. The summed E-state index contributed by atoms with van der Waals surface area (Å²) < 4.78 is 1.57. The molecular weight excluding hydrogens is 334 g/mol. The van der Waals surface area contributed by atoms with Gasteiger partial charge in [0.25, 0.3) is 0 Å². The van der Waals surface area contributed by atoms with Crippen molar-refractivity contribution in [1.29, 1.82) is 0 Å². The Hall–Kier alpha value is -2.12. The molecule has 7 nitrogen and oxygen atoms in total. The number of imidazole rings is 1. The van der Waals surface area contributed by atoms with Gasteiger partial charge < -0.3 is 20.1 Å². The fourth-order valence-electron chi connectivity index (χ4n) is 3.99. The molecule has 7 heteroatoms. The van der Waals surface area contributed by atoms with E-state index in [2.05, 4.69) is 4.98 Å². The summed E-state index contributed by atoms with van der Waals surface area (Å²) in [6.45, 7) is 3.03. The van der Waals surface area contributed by atoms with Crippen LogP contribution in [-0.4, -0.2) is 56.4 Å². The molecule has 1 fully saturated rings. The van der Waals surface area contributed by atoms with E-state index in [-0.39, 0.29) is 31.2 Å². The first-order chi connectivity index (χ1) is 12.5. The zero-order chi connectivity index (χ0) is 18.7. The molecule has 1 aliphatic heterocycles. The van der Waals surface area contributed by atoms with Gasteiger partial charge in [-0.05, 0) is 25.0 Å². The highest BCUT2D eigenvalue weighted by Gasteiger charge is 2.42. The van der Waals surface area contributed by atoms with Crippen LogP contribution in [0.1, 0.15) is 32.6 Å². The van der Waals surface area contributed by atoms with Crippen molar-refractivity contribution in [3.8, 4) is 0 Å². The fourth-order valence-corrected chi connectivity index (χ4v) is 3.99. The van der Waals surface area contributed by atoms with E-state index in [0.29, 0.717) is 19.5 Å². The van der Waals surface area contributed by atoms with E-state index >= 15 is 0 Å². The van der Waals surface area contributed by atoms with E-state index in [0.717, 1.165) is 23.9 Å². The molecule has 1 aliphatic rings. The average molecular weight is 361 g/mol. The number of carbonyl (C=O) groups is 1. The number of aromatic amines is 1. The van der Waals surface area contributed by atoms with Crippen LogP contribution in [0, 0.1) is 5.41 Å². The van der Waals surface area contributed by atoms with Gasteiger partial charge in [0.2, 0.25) is 5.91 Å². The molecule has 26 heavy (non-hydrogen) atoms. The largest absolute Gasteiger partial charge is 0.396 e. The third kappa shape index (κ3) is 3.41. The number of hydrogen-bond donors (Lipinski definition) is 3. The van der Waals surface area contributed by atoms with Crippen LogP contribution in [0.5, 0.6) is 0 Å². The zero-order valence-electron chi connectivity index (χ0n) is 15.1. The second-order valence-corrected chi connectivity index (χ2v) is 7.22. The summed E-state index contributed by atoms with van der Waals surface area (Å²) in [5.74, 6) is -0.0794. The summed E-state index contributed by atoms with van der Waals surface area (Å²) in [5, 5.41) is 20.2. The predicted octanol–water partition coefficient (Wildman–Crippen LogP) is 1.09. The first kappa shape index (κ1) is 18.7. The summed E-state index contributed by atoms with van der Waals surface area (Å²) in [5.41, 5.74) is 0.816. The molecule has 0 unspecified atom stereocenters. The molecule has 0 aliphatic carbocycles. The van der Waals surface area contributed by atoms with Crippen molar-refractivity contribution < 1.29 is 15.0 Å². The highest BCUT2D eigenvalue weighted by atomic mass is 16.3. The van der Waals surface area contributed by atoms with Gasteiger partial charge in [-0.25, -0.2) is 4.79 Å². The van der Waals surface area contributed by atoms with E-state index in [1.807, 2.05) is 31.2 Å². The Labute approximate surface area is 152 Å². The smallest absolute Gasteiger partial charge is 0.326 e. The van der Waals surface area contributed by atoms with Gasteiger partial charge in [-0.1, -0.05) is 25.5 Å². The number of aryl methyl sites for hydroxylation is 1. The Balaban J connectivity index is 1.64. The maximum absolute atomic E-state index is 12.6. The van der Waals surface area contributed by atoms with Crippen molar-refractivity contribution in [2.24, 2.45) is 5.41 Å². The molecule has 142 valence electrons. The van der Waals surface area contributed by atoms with Gasteiger partial charge in [-0.3, -0.25) is 9.36 Å². The van der Waals surface area contributed by atoms with Gasteiger partial charge in [0.15, 0.2) is 0 Å². The number of para-hydroxylation sites is 2. The molecule has 1 aromatic heterocycles. The minimum atomic E-state index is -0.721. The minimum Gasteiger partial charge on any atom is -0.396 e. The molecule has 3 N–H and O–H groups in total. The Kier molecular flexibility index (Phi) is 5.48. The quantitative estimate of drug-likeness (QED) is 0.717. The molecule has 1 amide bonds. The van der Waals surface area contributed by atoms with Crippen molar-refractivity contribution in [2.75, 3.05) is 19.7 Å². The number of likely N-dealkylation sites (tertiary alicyclic amines) is 1. The highest BCUT2D eigenvalue weighted by molar-refractivity contribution is 5.77. The van der Waals surface area contributed by atoms with E-state index in [1.54, 1.807) is 9.47 Å². The van der Waals surface area contributed by atoms with Crippen LogP contribution in [0.25, 0.3) is 11.0 Å². The second-order valence-electron chi connectivity index (χ2n) is 7.22. The molecule has 0 spiro atoms. The van der Waals surface area contributed by atoms with Crippen LogP contribution in [0.4, 0.5) is 0 Å². The van der Waals surface area contributed by atoms with Gasteiger partial charge >= 0.3 is 5.69 Å². The van der Waals surface area contributed by atoms with Gasteiger partial charge in [0.05, 0.1) is 23.7 Å². The van der Waals surface area contributed by atoms with Crippen molar-refractivity contribution >= 4 is 16.9 Å². The number of aliphatic hydroxyl groups excluding tert-OH is 2. The van der Waals surface area contributed by atoms with Crippen LogP contribution >= 0.6 is 0 Å². The van der Waals surface area contributed by atoms with Gasteiger partial charge in [0, 0.05) is 31.5 Å². The standard InChI is InChI=1S/C19H27N3O4/c1-2-8-19(13-23)9-11-21(12-16(19)24)17(25)7-10-22-15-6-4-3-5-14(15)20-18(22)26/h3-6,16,23-24H,2,7-13H2,1H3,(H,20,26)/t16-,19+/m0/s1. The molecule has 0 radical (unpaired) electrons. The third-order valence-corrected chi connectivity index (χ3v) is 5.63. The lowest BCUT2D eigenvalue weighted by Crippen LogP contribution is -2.54. The molecule has 0 saturated carbocycles. The summed E-state index contributed by atoms with van der Waals surface area (Å²) in [4.78, 5) is 29.1. The Bertz CT molecular complexity index is 828. The van der Waals surface area contributed by atoms with Crippen LogP contribution in [-0.2, 0) is 11.3 Å². The van der Waals surface area contributed by atoms with E-state index in [4.69, 9.17) is 0 Å². The van der Waals surface area contributed by atoms with Crippen LogP contribution < -0.4 is 5.69 Å². The molecule has 1 saturated heterocycles. The molecule has 0 bridgehead atoms. The van der Waals surface area contributed by atoms with Crippen molar-refractivity contribution in [1.82, 2.24) is 14.5 Å². The normalized spacial score (nSPS) is 23.5. The van der Waals surface area contributed by atoms with E-state index in [9.17, 15) is 19.8 Å². The summed E-state index contributed by atoms with van der Waals surface area (Å²) in [6, 6.07) is 7.39. The topological polar surface area (TPSA) is 98.6 Å². The van der Waals surface area contributed by atoms with Gasteiger partial charge in [0.1, 0.15) is 0 Å². The Morgan fingerprint density at radius 1 is 1.38 bits per heavy atom. The van der Waals surface area contributed by atoms with Crippen molar-refractivity contribution in [3.05, 3.63) is 34.7 Å². The van der Waals surface area contributed by atoms with Crippen LogP contribution in [0.2, 0.25) is 0 Å². The highest BCUT2D eigenvalue weighted by Crippen LogP contribution is 2.36. The SMILES string of the molecule is CCC[C@]1(CO)CCN(C(=O)CCn2c(=O)[nH]c3ccccc32)C[C@@H]1O. The molecule has 2 heterocycles. The maximum atomic E-state index is 12.6. The lowest BCUT2D eigenvalue weighted by molar-refractivity contribution is -0.142. The number of amides is 1. The second kappa shape index (κ2) is 7.63. The fraction of sp³-hybridized carbons (Fsp3) is 0.579. The number of β-amino-alcohol motifs (C(OH)–C–C–N with tert-alkyl or cyclic N) is 1. The molecular formula is C19H27N3O4. The molecule has 1 aromatic carbocycles. The summed E-state index contributed by atoms with van der Waals surface area (Å²) in [6.07, 6.45) is 1.71. The number of aromatic nitrogens is 2. The number of aliphatic hydroxyl groups is 2. The number of hydrogen-bond acceptors (Lipinski definition) is 4. The number of nitrogens with zero attached hydrogens (tertiary/aromatic N) is 2. The summed E-state index contributed by atoms with van der Waals surface area (Å²) in [7, 11) is 0. The number of fused-ring (bicyclic) bond motifs is 1. The first-order valence-corrected chi connectivity index (χ1v) is 9.25. The zero-order valence-corrected chi connectivity index (χ0v) is 15.1. The molecule has 3 rings (SSSR count). The molecule has 2 aromatic rings. The van der Waals surface area contributed by atoms with Gasteiger partial charge in [-0.2, -0.15) is 0 Å². The molecule has 2 atom stereocenters. The number of H-pyrrole nitrogens is 1. The Morgan fingerprint density at radius 3 is 2.85 bits per heavy atom. The van der Waals surface area contributed by atoms with Crippen molar-refractivity contribution in [3.63, 3.8) is 0 Å². The number of nitrogens with one attached hydrogen (secondary N) is 1. The lowest BCUT2D eigenvalue weighted by Gasteiger charge is -2.44. The van der Waals surface area contributed by atoms with Gasteiger partial charge in [-0.15, -0.1) is 0 Å². The minimum absolute atomic E-state index is 0.0607. The van der Waals surface area contributed by atoms with Crippen molar-refractivity contribution in [2.45, 2.75) is 45.3 Å². The number of carbonyl (C=O) groups excluding carboxylic acids is 1. The third-order valence-electron chi connectivity index (χ3n) is 5.63. The van der Waals surface area contributed by atoms with E-state index in [1.165, 1.54) is 0 Å². The monoisotopic (exact) mass is 361 g/mol. The van der Waals surface area contributed by atoms with Crippen LogP contribution in [0.15, 0.2) is 29.1 Å². The number of rotatable bonds is 6. The number of piperidine rings is 1. The summed E-state index contributed by atoms with van der Waals surface area (Å²) >= 11 is 0. The maximum Gasteiger partial charge on any atom is 0.326 e. The number of benzene rings is 1. The average Bonchev–Trinajstić information content (AvgIpc) is 2.96. The Morgan fingerprint density at radius 2 is 2.15 bits per heavy atom.